The predicted octanol–water partition coefficient (Wildman–Crippen LogP) is 3.20. The molecule has 0 bridgehead atoms. The Morgan fingerprint density at radius 3 is 2.46 bits per heavy atom. The van der Waals surface area contributed by atoms with E-state index in [-0.39, 0.29) is 5.56 Å². The minimum Gasteiger partial charge on any atom is -0.296 e. The smallest absolute Gasteiger partial charge is 0.258 e. The zero-order valence-corrected chi connectivity index (χ0v) is 14.5. The molecule has 0 aliphatic heterocycles. The fourth-order valence-electron chi connectivity index (χ4n) is 2.97. The molecule has 0 unspecified atom stereocenters. The zero-order valence-electron chi connectivity index (χ0n) is 14.5. The first-order valence-electron chi connectivity index (χ1n) is 8.31. The molecule has 2 aromatic heterocycles. The van der Waals surface area contributed by atoms with Gasteiger partial charge in [0.25, 0.3) is 5.56 Å². The maximum absolute atomic E-state index is 12.3. The third-order valence-corrected chi connectivity index (χ3v) is 4.25. The number of fused-ring (bicyclic) bond motifs is 1. The van der Waals surface area contributed by atoms with Gasteiger partial charge < -0.3 is 0 Å². The highest BCUT2D eigenvalue weighted by atomic mass is 16.1. The summed E-state index contributed by atoms with van der Waals surface area (Å²) >= 11 is 0. The van der Waals surface area contributed by atoms with Crippen LogP contribution in [-0.2, 0) is 19.5 Å². The normalized spacial score (nSPS) is 11.3. The standard InChI is InChI=1S/C20H23N3O/c1-4-16-8-10-17(11-9-16)13-22(3)14-18-12-20(24)23-15(2)6-5-7-19(23)21-18/h5-12H,4,13-14H2,1-3H3. The van der Waals surface area contributed by atoms with E-state index in [0.717, 1.165) is 24.4 Å². The summed E-state index contributed by atoms with van der Waals surface area (Å²) in [5, 5.41) is 0. The molecule has 0 spiro atoms. The van der Waals surface area contributed by atoms with Crippen molar-refractivity contribution in [2.75, 3.05) is 7.05 Å². The van der Waals surface area contributed by atoms with Crippen molar-refractivity contribution >= 4 is 5.65 Å². The molecule has 3 aromatic rings. The van der Waals surface area contributed by atoms with E-state index in [4.69, 9.17) is 0 Å². The average molecular weight is 321 g/mol. The van der Waals surface area contributed by atoms with E-state index in [1.54, 1.807) is 10.5 Å². The topological polar surface area (TPSA) is 37.6 Å². The largest absolute Gasteiger partial charge is 0.296 e. The number of rotatable bonds is 5. The fraction of sp³-hybridized carbons (Fsp3) is 0.300. The molecular formula is C20H23N3O. The van der Waals surface area contributed by atoms with Crippen LogP contribution in [0.15, 0.2) is 53.3 Å². The van der Waals surface area contributed by atoms with Crippen LogP contribution >= 0.6 is 0 Å². The third kappa shape index (κ3) is 3.54. The number of pyridine rings is 1. The van der Waals surface area contributed by atoms with Crippen LogP contribution < -0.4 is 5.56 Å². The van der Waals surface area contributed by atoms with Crippen LogP contribution in [0.5, 0.6) is 0 Å². The lowest BCUT2D eigenvalue weighted by molar-refractivity contribution is 0.315. The van der Waals surface area contributed by atoms with Gasteiger partial charge in [0.2, 0.25) is 0 Å². The molecule has 3 rings (SSSR count). The second-order valence-electron chi connectivity index (χ2n) is 6.29. The van der Waals surface area contributed by atoms with E-state index in [2.05, 4.69) is 41.1 Å². The fourth-order valence-corrected chi connectivity index (χ4v) is 2.97. The van der Waals surface area contributed by atoms with Crippen LogP contribution in [0, 0.1) is 6.92 Å². The van der Waals surface area contributed by atoms with Crippen LogP contribution in [0.2, 0.25) is 0 Å². The van der Waals surface area contributed by atoms with E-state index in [9.17, 15) is 4.79 Å². The number of aryl methyl sites for hydroxylation is 2. The summed E-state index contributed by atoms with van der Waals surface area (Å²) in [4.78, 5) is 19.1. The quantitative estimate of drug-likeness (QED) is 0.724. The van der Waals surface area contributed by atoms with Gasteiger partial charge in [0, 0.05) is 24.8 Å². The molecule has 24 heavy (non-hydrogen) atoms. The lowest BCUT2D eigenvalue weighted by Gasteiger charge is -2.17. The number of hydrogen-bond acceptors (Lipinski definition) is 3. The van der Waals surface area contributed by atoms with Crippen molar-refractivity contribution in [2.45, 2.75) is 33.4 Å². The Hall–Kier alpha value is -2.46. The van der Waals surface area contributed by atoms with Gasteiger partial charge in [-0.3, -0.25) is 14.1 Å². The molecule has 0 N–H and O–H groups in total. The van der Waals surface area contributed by atoms with Gasteiger partial charge in [-0.2, -0.15) is 0 Å². The van der Waals surface area contributed by atoms with Gasteiger partial charge in [-0.25, -0.2) is 4.98 Å². The highest BCUT2D eigenvalue weighted by molar-refractivity contribution is 5.40. The Kier molecular flexibility index (Phi) is 4.76. The molecule has 0 saturated heterocycles. The Labute approximate surface area is 142 Å². The second-order valence-corrected chi connectivity index (χ2v) is 6.29. The van der Waals surface area contributed by atoms with Gasteiger partial charge in [-0.15, -0.1) is 0 Å². The monoisotopic (exact) mass is 321 g/mol. The van der Waals surface area contributed by atoms with Crippen molar-refractivity contribution in [2.24, 2.45) is 0 Å². The summed E-state index contributed by atoms with van der Waals surface area (Å²) in [6, 6.07) is 16.0. The molecule has 0 atom stereocenters. The molecule has 0 fully saturated rings. The van der Waals surface area contributed by atoms with Crippen LogP contribution in [0.3, 0.4) is 0 Å². The lowest BCUT2D eigenvalue weighted by atomic mass is 10.1. The van der Waals surface area contributed by atoms with Gasteiger partial charge in [0.05, 0.1) is 5.69 Å². The highest BCUT2D eigenvalue weighted by Crippen LogP contribution is 2.10. The molecule has 2 heterocycles. The van der Waals surface area contributed by atoms with Crippen molar-refractivity contribution in [3.8, 4) is 0 Å². The maximum atomic E-state index is 12.3. The van der Waals surface area contributed by atoms with Gasteiger partial charge in [-0.1, -0.05) is 37.3 Å². The van der Waals surface area contributed by atoms with Gasteiger partial charge in [0.15, 0.2) is 0 Å². The molecule has 4 heteroatoms. The first-order chi connectivity index (χ1) is 11.6. The summed E-state index contributed by atoms with van der Waals surface area (Å²) in [5.74, 6) is 0. The Morgan fingerprint density at radius 1 is 1.04 bits per heavy atom. The van der Waals surface area contributed by atoms with Gasteiger partial charge in [-0.05, 0) is 43.7 Å². The van der Waals surface area contributed by atoms with E-state index in [1.165, 1.54) is 11.1 Å². The van der Waals surface area contributed by atoms with Crippen molar-refractivity contribution in [3.63, 3.8) is 0 Å². The lowest BCUT2D eigenvalue weighted by Crippen LogP contribution is -2.22. The predicted molar refractivity (Wildman–Crippen MR) is 97.2 cm³/mol. The Balaban J connectivity index is 1.77. The Morgan fingerprint density at radius 2 is 1.75 bits per heavy atom. The maximum Gasteiger partial charge on any atom is 0.258 e. The highest BCUT2D eigenvalue weighted by Gasteiger charge is 2.07. The molecule has 0 amide bonds. The van der Waals surface area contributed by atoms with Crippen molar-refractivity contribution in [3.05, 3.63) is 81.4 Å². The van der Waals surface area contributed by atoms with Gasteiger partial charge in [0.1, 0.15) is 5.65 Å². The number of benzene rings is 1. The minimum absolute atomic E-state index is 0.0196. The van der Waals surface area contributed by atoms with E-state index in [1.807, 2.05) is 32.2 Å². The molecule has 1 aromatic carbocycles. The van der Waals surface area contributed by atoms with Crippen LogP contribution in [0.4, 0.5) is 0 Å². The van der Waals surface area contributed by atoms with Gasteiger partial charge >= 0.3 is 0 Å². The van der Waals surface area contributed by atoms with Crippen molar-refractivity contribution < 1.29 is 0 Å². The summed E-state index contributed by atoms with van der Waals surface area (Å²) in [6.07, 6.45) is 1.06. The SMILES string of the molecule is CCc1ccc(CN(C)Cc2cc(=O)n3c(C)cccc3n2)cc1. The number of hydrogen-bond donors (Lipinski definition) is 0. The van der Waals surface area contributed by atoms with Crippen molar-refractivity contribution in [1.29, 1.82) is 0 Å². The minimum atomic E-state index is -0.0196. The number of nitrogens with zero attached hydrogens (tertiary/aromatic N) is 3. The molecule has 0 aliphatic carbocycles. The number of aromatic nitrogens is 2. The molecule has 0 saturated carbocycles. The second kappa shape index (κ2) is 6.97. The third-order valence-electron chi connectivity index (χ3n) is 4.25. The van der Waals surface area contributed by atoms with E-state index >= 15 is 0 Å². The summed E-state index contributed by atoms with van der Waals surface area (Å²) in [6.45, 7) is 5.56. The van der Waals surface area contributed by atoms with Crippen molar-refractivity contribution in [1.82, 2.24) is 14.3 Å². The molecule has 4 nitrogen and oxygen atoms in total. The first-order valence-corrected chi connectivity index (χ1v) is 8.31. The zero-order chi connectivity index (χ0) is 17.1. The average Bonchev–Trinajstić information content (AvgIpc) is 2.55. The summed E-state index contributed by atoms with van der Waals surface area (Å²) < 4.78 is 1.65. The van der Waals surface area contributed by atoms with Crippen LogP contribution in [0.1, 0.15) is 29.4 Å². The van der Waals surface area contributed by atoms with Crippen LogP contribution in [-0.4, -0.2) is 21.3 Å². The van der Waals surface area contributed by atoms with Crippen LogP contribution in [0.25, 0.3) is 5.65 Å². The Bertz CT molecular complexity index is 897. The first kappa shape index (κ1) is 16.4. The summed E-state index contributed by atoms with van der Waals surface area (Å²) in [5.41, 5.74) is 5.01. The summed E-state index contributed by atoms with van der Waals surface area (Å²) in [7, 11) is 2.05. The molecule has 0 radical (unpaired) electrons. The molecule has 124 valence electrons. The van der Waals surface area contributed by atoms with E-state index < -0.39 is 0 Å². The molecular weight excluding hydrogens is 298 g/mol. The molecule has 0 aliphatic rings. The van der Waals surface area contributed by atoms with E-state index in [0.29, 0.717) is 12.2 Å².